The Morgan fingerprint density at radius 2 is 1.94 bits per heavy atom. The van der Waals surface area contributed by atoms with Crippen LogP contribution in [0.1, 0.15) is 11.4 Å². The van der Waals surface area contributed by atoms with Crippen LogP contribution in [0.4, 0.5) is 0 Å². The van der Waals surface area contributed by atoms with Crippen LogP contribution in [0.5, 0.6) is 11.5 Å². The van der Waals surface area contributed by atoms with Gasteiger partial charge in [0.2, 0.25) is 5.91 Å². The van der Waals surface area contributed by atoms with Crippen LogP contribution in [0.25, 0.3) is 6.08 Å². The highest BCUT2D eigenvalue weighted by Gasteiger charge is 2.12. The molecule has 0 radical (unpaired) electrons. The molecular formula is C24H25ClN4O3S. The number of methoxy groups -OCH3 is 1. The SMILES string of the molecule is C=CCn1c(CNC(=O)C=Cc2ccccc2Cl)nnc1SCCOc1ccccc1OC. The van der Waals surface area contributed by atoms with E-state index in [1.807, 2.05) is 47.0 Å². The predicted molar refractivity (Wildman–Crippen MR) is 132 cm³/mol. The third kappa shape index (κ3) is 7.13. The molecule has 3 rings (SSSR count). The molecule has 0 saturated heterocycles. The number of aromatic nitrogens is 3. The first-order valence-electron chi connectivity index (χ1n) is 10.2. The summed E-state index contributed by atoms with van der Waals surface area (Å²) in [4.78, 5) is 12.2. The molecule has 172 valence electrons. The lowest BCUT2D eigenvalue weighted by Gasteiger charge is -2.10. The molecule has 1 N–H and O–H groups in total. The quantitative estimate of drug-likeness (QED) is 0.175. The highest BCUT2D eigenvalue weighted by molar-refractivity contribution is 7.99. The molecule has 2 aromatic carbocycles. The van der Waals surface area contributed by atoms with Crippen LogP contribution in [0, 0.1) is 0 Å². The van der Waals surface area contributed by atoms with Gasteiger partial charge in [-0.2, -0.15) is 0 Å². The number of carbonyl (C=O) groups is 1. The molecular weight excluding hydrogens is 460 g/mol. The lowest BCUT2D eigenvalue weighted by atomic mass is 10.2. The second-order valence-corrected chi connectivity index (χ2v) is 8.19. The zero-order valence-electron chi connectivity index (χ0n) is 18.2. The average Bonchev–Trinajstić information content (AvgIpc) is 3.21. The van der Waals surface area contributed by atoms with Gasteiger partial charge >= 0.3 is 0 Å². The van der Waals surface area contributed by atoms with E-state index in [4.69, 9.17) is 21.1 Å². The van der Waals surface area contributed by atoms with Crippen molar-refractivity contribution in [2.45, 2.75) is 18.2 Å². The summed E-state index contributed by atoms with van der Waals surface area (Å²) in [5, 5.41) is 12.6. The number of halogens is 1. The van der Waals surface area contributed by atoms with Gasteiger partial charge in [0.25, 0.3) is 0 Å². The van der Waals surface area contributed by atoms with Gasteiger partial charge in [0, 0.05) is 23.4 Å². The summed E-state index contributed by atoms with van der Waals surface area (Å²) < 4.78 is 13.0. The Hall–Kier alpha value is -3.23. The number of hydrogen-bond acceptors (Lipinski definition) is 6. The van der Waals surface area contributed by atoms with E-state index >= 15 is 0 Å². The molecule has 0 bridgehead atoms. The predicted octanol–water partition coefficient (Wildman–Crippen LogP) is 4.63. The van der Waals surface area contributed by atoms with Crippen molar-refractivity contribution < 1.29 is 14.3 Å². The first-order chi connectivity index (χ1) is 16.1. The van der Waals surface area contributed by atoms with Crippen LogP contribution in [0.2, 0.25) is 5.02 Å². The minimum absolute atomic E-state index is 0.241. The number of hydrogen-bond donors (Lipinski definition) is 1. The van der Waals surface area contributed by atoms with Gasteiger partial charge in [-0.15, -0.1) is 16.8 Å². The summed E-state index contributed by atoms with van der Waals surface area (Å²) in [5.41, 5.74) is 0.776. The standard InChI is InChI=1S/C24H25ClN4O3S/c1-3-14-29-22(17-26-23(30)13-12-18-8-4-5-9-19(18)25)27-28-24(29)33-16-15-32-21-11-7-6-10-20(21)31-2/h3-13H,1,14-17H2,2H3,(H,26,30). The average molecular weight is 485 g/mol. The molecule has 0 saturated carbocycles. The van der Waals surface area contributed by atoms with Crippen LogP contribution >= 0.6 is 23.4 Å². The van der Waals surface area contributed by atoms with E-state index in [0.717, 1.165) is 10.7 Å². The van der Waals surface area contributed by atoms with Crippen molar-refractivity contribution >= 4 is 35.3 Å². The maximum atomic E-state index is 12.2. The summed E-state index contributed by atoms with van der Waals surface area (Å²) in [6.45, 7) is 5.05. The summed E-state index contributed by atoms with van der Waals surface area (Å²) in [5.74, 6) is 2.45. The number of thioether (sulfide) groups is 1. The number of carbonyl (C=O) groups excluding carboxylic acids is 1. The van der Waals surface area contributed by atoms with Gasteiger partial charge in [0.1, 0.15) is 0 Å². The van der Waals surface area contributed by atoms with Crippen molar-refractivity contribution in [2.24, 2.45) is 0 Å². The molecule has 0 aliphatic heterocycles. The maximum absolute atomic E-state index is 12.2. The molecule has 1 amide bonds. The van der Waals surface area contributed by atoms with Gasteiger partial charge in [0.15, 0.2) is 22.5 Å². The molecule has 7 nitrogen and oxygen atoms in total. The summed E-state index contributed by atoms with van der Waals surface area (Å²) in [6.07, 6.45) is 4.89. The van der Waals surface area contributed by atoms with Gasteiger partial charge in [-0.1, -0.05) is 59.8 Å². The number of ether oxygens (including phenoxy) is 2. The third-order valence-corrected chi connectivity index (χ3v) is 5.76. The molecule has 33 heavy (non-hydrogen) atoms. The summed E-state index contributed by atoms with van der Waals surface area (Å²) >= 11 is 7.63. The van der Waals surface area contributed by atoms with Crippen LogP contribution < -0.4 is 14.8 Å². The lowest BCUT2D eigenvalue weighted by Crippen LogP contribution is -2.22. The van der Waals surface area contributed by atoms with E-state index in [-0.39, 0.29) is 12.5 Å². The Labute approximate surface area is 202 Å². The molecule has 0 unspecified atom stereocenters. The molecule has 0 aliphatic rings. The maximum Gasteiger partial charge on any atom is 0.244 e. The van der Waals surface area contributed by atoms with Gasteiger partial charge < -0.3 is 19.4 Å². The molecule has 1 aromatic heterocycles. The Kier molecular flexibility index (Phi) is 9.41. The zero-order valence-corrected chi connectivity index (χ0v) is 19.8. The smallest absolute Gasteiger partial charge is 0.244 e. The minimum Gasteiger partial charge on any atom is -0.493 e. The van der Waals surface area contributed by atoms with Gasteiger partial charge in [-0.3, -0.25) is 4.79 Å². The molecule has 3 aromatic rings. The number of amides is 1. The van der Waals surface area contributed by atoms with E-state index in [1.165, 1.54) is 17.8 Å². The first-order valence-corrected chi connectivity index (χ1v) is 11.6. The van der Waals surface area contributed by atoms with Crippen LogP contribution in [0.15, 0.2) is 72.4 Å². The summed E-state index contributed by atoms with van der Waals surface area (Å²) in [6, 6.07) is 14.8. The number of para-hydroxylation sites is 2. The van der Waals surface area contributed by atoms with Crippen LogP contribution in [-0.2, 0) is 17.9 Å². The second-order valence-electron chi connectivity index (χ2n) is 6.72. The van der Waals surface area contributed by atoms with Crippen LogP contribution in [-0.4, -0.2) is 40.1 Å². The number of nitrogens with zero attached hydrogens (tertiary/aromatic N) is 3. The van der Waals surface area contributed by atoms with Crippen molar-refractivity contribution in [3.05, 3.63) is 83.7 Å². The lowest BCUT2D eigenvalue weighted by molar-refractivity contribution is -0.116. The molecule has 0 atom stereocenters. The number of benzene rings is 2. The van der Waals surface area contributed by atoms with Crippen molar-refractivity contribution in [1.82, 2.24) is 20.1 Å². The topological polar surface area (TPSA) is 78.3 Å². The third-order valence-electron chi connectivity index (χ3n) is 4.49. The fourth-order valence-electron chi connectivity index (χ4n) is 2.89. The highest BCUT2D eigenvalue weighted by atomic mass is 35.5. The van der Waals surface area contributed by atoms with E-state index in [9.17, 15) is 4.79 Å². The fourth-order valence-corrected chi connectivity index (χ4v) is 3.87. The number of nitrogens with one attached hydrogen (secondary N) is 1. The van der Waals surface area contributed by atoms with E-state index in [1.54, 1.807) is 25.3 Å². The fraction of sp³-hybridized carbons (Fsp3) is 0.208. The van der Waals surface area contributed by atoms with Crippen molar-refractivity contribution in [3.63, 3.8) is 0 Å². The molecule has 0 fully saturated rings. The molecule has 1 heterocycles. The van der Waals surface area contributed by atoms with Crippen molar-refractivity contribution in [1.29, 1.82) is 0 Å². The summed E-state index contributed by atoms with van der Waals surface area (Å²) in [7, 11) is 1.61. The zero-order chi connectivity index (χ0) is 23.5. The number of rotatable bonds is 12. The molecule has 0 aliphatic carbocycles. The van der Waals surface area contributed by atoms with Gasteiger partial charge in [0.05, 0.1) is 20.3 Å². The van der Waals surface area contributed by atoms with Crippen molar-refractivity contribution in [3.8, 4) is 11.5 Å². The van der Waals surface area contributed by atoms with E-state index < -0.39 is 0 Å². The Morgan fingerprint density at radius 3 is 2.70 bits per heavy atom. The molecule has 0 spiro atoms. The minimum atomic E-state index is -0.248. The second kappa shape index (κ2) is 12.7. The Morgan fingerprint density at radius 1 is 1.18 bits per heavy atom. The highest BCUT2D eigenvalue weighted by Crippen LogP contribution is 2.26. The Bertz CT molecular complexity index is 1120. The number of allylic oxidation sites excluding steroid dienone is 1. The monoisotopic (exact) mass is 484 g/mol. The molecule has 9 heteroatoms. The first kappa shape index (κ1) is 24.4. The van der Waals surface area contributed by atoms with Gasteiger partial charge in [-0.05, 0) is 29.8 Å². The van der Waals surface area contributed by atoms with E-state index in [0.29, 0.717) is 41.3 Å². The largest absolute Gasteiger partial charge is 0.493 e. The van der Waals surface area contributed by atoms with Gasteiger partial charge in [-0.25, -0.2) is 0 Å². The Balaban J connectivity index is 1.53. The van der Waals surface area contributed by atoms with Crippen LogP contribution in [0.3, 0.4) is 0 Å². The normalized spacial score (nSPS) is 10.8. The van der Waals surface area contributed by atoms with Crippen molar-refractivity contribution in [2.75, 3.05) is 19.5 Å². The van der Waals surface area contributed by atoms with E-state index in [2.05, 4.69) is 22.1 Å².